The molecule has 0 unspecified atom stereocenters. The second kappa shape index (κ2) is 9.09. The second-order valence-corrected chi connectivity index (χ2v) is 6.29. The minimum atomic E-state index is -0.496. The number of hydrogen-bond acceptors (Lipinski definition) is 4. The van der Waals surface area contributed by atoms with Gasteiger partial charge < -0.3 is 15.5 Å². The van der Waals surface area contributed by atoms with Crippen LogP contribution in [-0.4, -0.2) is 36.3 Å². The Morgan fingerprint density at radius 1 is 1.48 bits per heavy atom. The van der Waals surface area contributed by atoms with Gasteiger partial charge in [-0.05, 0) is 37.5 Å². The van der Waals surface area contributed by atoms with Crippen molar-refractivity contribution in [2.45, 2.75) is 26.2 Å². The molecule has 1 aromatic rings. The molecular formula is C18H21ClN4O2. The van der Waals surface area contributed by atoms with E-state index < -0.39 is 5.91 Å². The van der Waals surface area contributed by atoms with E-state index in [2.05, 4.69) is 10.6 Å². The molecule has 25 heavy (non-hydrogen) atoms. The quantitative estimate of drug-likeness (QED) is 0.444. The molecule has 0 radical (unpaired) electrons. The molecule has 7 heteroatoms. The maximum absolute atomic E-state index is 12.1. The van der Waals surface area contributed by atoms with Gasteiger partial charge in [0.2, 0.25) is 5.91 Å². The highest BCUT2D eigenvalue weighted by molar-refractivity contribution is 6.31. The van der Waals surface area contributed by atoms with Crippen molar-refractivity contribution in [1.29, 1.82) is 5.26 Å². The number of benzene rings is 1. The number of nitriles is 1. The largest absolute Gasteiger partial charge is 0.390 e. The van der Waals surface area contributed by atoms with Crippen LogP contribution in [0.15, 0.2) is 30.0 Å². The Morgan fingerprint density at radius 2 is 2.28 bits per heavy atom. The molecule has 1 aliphatic heterocycles. The smallest absolute Gasteiger partial charge is 0.267 e. The van der Waals surface area contributed by atoms with Crippen LogP contribution in [0.25, 0.3) is 0 Å². The van der Waals surface area contributed by atoms with Crippen molar-refractivity contribution in [2.75, 3.05) is 25.0 Å². The van der Waals surface area contributed by atoms with E-state index in [0.717, 1.165) is 24.9 Å². The van der Waals surface area contributed by atoms with Crippen LogP contribution in [0, 0.1) is 18.3 Å². The molecule has 0 spiro atoms. The Bertz CT molecular complexity index is 724. The summed E-state index contributed by atoms with van der Waals surface area (Å²) in [6.07, 6.45) is 3.72. The highest BCUT2D eigenvalue weighted by Gasteiger charge is 2.18. The van der Waals surface area contributed by atoms with Crippen LogP contribution in [0.4, 0.5) is 5.69 Å². The van der Waals surface area contributed by atoms with Gasteiger partial charge in [-0.15, -0.1) is 0 Å². The molecule has 2 amide bonds. The SMILES string of the molecule is Cc1ccc(NC(=O)/C(C#N)=C\NCCCN2CCCC2=O)cc1Cl. The number of carbonyl (C=O) groups excluding carboxylic acids is 2. The predicted octanol–water partition coefficient (Wildman–Crippen LogP) is 2.60. The molecule has 6 nitrogen and oxygen atoms in total. The van der Waals surface area contributed by atoms with Gasteiger partial charge in [-0.1, -0.05) is 17.7 Å². The number of hydrogen-bond donors (Lipinski definition) is 2. The fourth-order valence-corrected chi connectivity index (χ4v) is 2.68. The van der Waals surface area contributed by atoms with Crippen molar-refractivity contribution in [3.05, 3.63) is 40.6 Å². The van der Waals surface area contributed by atoms with Gasteiger partial charge >= 0.3 is 0 Å². The standard InChI is InChI=1S/C18H21ClN4O2/c1-13-5-6-15(10-16(13)19)22-18(25)14(11-20)12-21-7-3-9-23-8-2-4-17(23)24/h5-6,10,12,21H,2-4,7-9H2,1H3,(H,22,25)/b14-12-. The summed E-state index contributed by atoms with van der Waals surface area (Å²) in [4.78, 5) is 25.4. The molecule has 1 saturated heterocycles. The van der Waals surface area contributed by atoms with E-state index in [-0.39, 0.29) is 11.5 Å². The van der Waals surface area contributed by atoms with Crippen molar-refractivity contribution in [2.24, 2.45) is 0 Å². The molecule has 2 N–H and O–H groups in total. The summed E-state index contributed by atoms with van der Waals surface area (Å²) >= 11 is 6.02. The molecule has 2 rings (SSSR count). The van der Waals surface area contributed by atoms with Gasteiger partial charge in [0.1, 0.15) is 11.6 Å². The van der Waals surface area contributed by atoms with Gasteiger partial charge in [0.25, 0.3) is 5.91 Å². The van der Waals surface area contributed by atoms with Crippen molar-refractivity contribution in [3.8, 4) is 6.07 Å². The average molecular weight is 361 g/mol. The fraction of sp³-hybridized carbons (Fsp3) is 0.389. The number of anilines is 1. The Morgan fingerprint density at radius 3 is 2.92 bits per heavy atom. The lowest BCUT2D eigenvalue weighted by Crippen LogP contribution is -2.27. The van der Waals surface area contributed by atoms with Crippen LogP contribution in [0.2, 0.25) is 5.02 Å². The molecule has 0 aromatic heterocycles. The summed E-state index contributed by atoms with van der Waals surface area (Å²) in [6.45, 7) is 3.96. The summed E-state index contributed by atoms with van der Waals surface area (Å²) in [5, 5.41) is 15.3. The fourth-order valence-electron chi connectivity index (χ4n) is 2.50. The van der Waals surface area contributed by atoms with Crippen LogP contribution in [0.1, 0.15) is 24.8 Å². The molecule has 0 bridgehead atoms. The third-order valence-electron chi connectivity index (χ3n) is 3.96. The van der Waals surface area contributed by atoms with E-state index in [4.69, 9.17) is 16.9 Å². The van der Waals surface area contributed by atoms with Gasteiger partial charge in [0.05, 0.1) is 0 Å². The molecular weight excluding hydrogens is 340 g/mol. The van der Waals surface area contributed by atoms with E-state index in [1.807, 2.05) is 17.9 Å². The Kier molecular flexibility index (Phi) is 6.84. The number of nitrogens with one attached hydrogen (secondary N) is 2. The summed E-state index contributed by atoms with van der Waals surface area (Å²) in [6, 6.07) is 7.05. The Hall–Kier alpha value is -2.52. The third-order valence-corrected chi connectivity index (χ3v) is 4.37. The lowest BCUT2D eigenvalue weighted by molar-refractivity contribution is -0.127. The molecule has 0 saturated carbocycles. The van der Waals surface area contributed by atoms with Crippen molar-refractivity contribution >= 4 is 29.1 Å². The average Bonchev–Trinajstić information content (AvgIpc) is 2.99. The lowest BCUT2D eigenvalue weighted by atomic mass is 10.2. The number of amides is 2. The van der Waals surface area contributed by atoms with Crippen LogP contribution in [0.3, 0.4) is 0 Å². The maximum Gasteiger partial charge on any atom is 0.267 e. The normalized spacial score (nSPS) is 14.4. The van der Waals surface area contributed by atoms with Gasteiger partial charge in [0.15, 0.2) is 0 Å². The first kappa shape index (κ1) is 18.8. The molecule has 1 fully saturated rings. The van der Waals surface area contributed by atoms with Crippen LogP contribution >= 0.6 is 11.6 Å². The van der Waals surface area contributed by atoms with Crippen LogP contribution in [0.5, 0.6) is 0 Å². The molecule has 1 aromatic carbocycles. The molecule has 0 aliphatic carbocycles. The minimum Gasteiger partial charge on any atom is -0.390 e. The topological polar surface area (TPSA) is 85.2 Å². The second-order valence-electron chi connectivity index (χ2n) is 5.88. The first-order valence-corrected chi connectivity index (χ1v) is 8.58. The zero-order chi connectivity index (χ0) is 18.2. The summed E-state index contributed by atoms with van der Waals surface area (Å²) in [5.74, 6) is -0.297. The Balaban J connectivity index is 1.80. The predicted molar refractivity (Wildman–Crippen MR) is 96.9 cm³/mol. The number of aryl methyl sites for hydroxylation is 1. The number of halogens is 1. The number of carbonyl (C=O) groups is 2. The minimum absolute atomic E-state index is 0.0195. The van der Waals surface area contributed by atoms with Crippen molar-refractivity contribution < 1.29 is 9.59 Å². The van der Waals surface area contributed by atoms with Gasteiger partial charge in [-0.2, -0.15) is 5.26 Å². The molecule has 0 atom stereocenters. The zero-order valence-corrected chi connectivity index (χ0v) is 14.9. The van der Waals surface area contributed by atoms with Crippen molar-refractivity contribution in [3.63, 3.8) is 0 Å². The third kappa shape index (κ3) is 5.50. The van der Waals surface area contributed by atoms with Crippen molar-refractivity contribution in [1.82, 2.24) is 10.2 Å². The first-order chi connectivity index (χ1) is 12.0. The number of likely N-dealkylation sites (tertiary alicyclic amines) is 1. The summed E-state index contributed by atoms with van der Waals surface area (Å²) in [5.41, 5.74) is 1.43. The molecule has 132 valence electrons. The lowest BCUT2D eigenvalue weighted by Gasteiger charge is -2.14. The summed E-state index contributed by atoms with van der Waals surface area (Å²) < 4.78 is 0. The number of nitrogens with zero attached hydrogens (tertiary/aromatic N) is 2. The van der Waals surface area contributed by atoms with Gasteiger partial charge in [0, 0.05) is 43.0 Å². The van der Waals surface area contributed by atoms with E-state index in [9.17, 15) is 9.59 Å². The van der Waals surface area contributed by atoms with Gasteiger partial charge in [-0.25, -0.2) is 0 Å². The highest BCUT2D eigenvalue weighted by Crippen LogP contribution is 2.20. The molecule has 1 aliphatic rings. The summed E-state index contributed by atoms with van der Waals surface area (Å²) in [7, 11) is 0. The Labute approximate surface area is 152 Å². The van der Waals surface area contributed by atoms with E-state index in [1.54, 1.807) is 18.2 Å². The maximum atomic E-state index is 12.1. The zero-order valence-electron chi connectivity index (χ0n) is 14.1. The van der Waals surface area contributed by atoms with E-state index in [0.29, 0.717) is 30.2 Å². The monoisotopic (exact) mass is 360 g/mol. The van der Waals surface area contributed by atoms with Crippen LogP contribution in [-0.2, 0) is 9.59 Å². The van der Waals surface area contributed by atoms with E-state index in [1.165, 1.54) is 6.20 Å². The highest BCUT2D eigenvalue weighted by atomic mass is 35.5. The van der Waals surface area contributed by atoms with Gasteiger partial charge in [-0.3, -0.25) is 9.59 Å². The number of rotatable bonds is 7. The molecule has 1 heterocycles. The first-order valence-electron chi connectivity index (χ1n) is 8.20. The van der Waals surface area contributed by atoms with Crippen LogP contribution < -0.4 is 10.6 Å². The van der Waals surface area contributed by atoms with E-state index >= 15 is 0 Å².